The van der Waals surface area contributed by atoms with E-state index in [9.17, 15) is 9.59 Å². The van der Waals surface area contributed by atoms with Crippen LogP contribution in [0.1, 0.15) is 12.0 Å². The second kappa shape index (κ2) is 4.05. The Morgan fingerprint density at radius 3 is 2.88 bits per heavy atom. The van der Waals surface area contributed by atoms with Crippen LogP contribution < -0.4 is 5.32 Å². The van der Waals surface area contributed by atoms with E-state index in [4.69, 9.17) is 4.74 Å². The molecule has 1 aromatic carbocycles. The summed E-state index contributed by atoms with van der Waals surface area (Å²) in [4.78, 5) is 24.1. The molecule has 0 aliphatic carbocycles. The van der Waals surface area contributed by atoms with Crippen molar-refractivity contribution in [2.24, 2.45) is 0 Å². The molecule has 0 saturated carbocycles. The van der Waals surface area contributed by atoms with Gasteiger partial charge in [0.2, 0.25) is 5.91 Å². The Morgan fingerprint density at radius 2 is 2.24 bits per heavy atom. The molecule has 0 radical (unpaired) electrons. The number of methoxy groups -OCH3 is 1. The van der Waals surface area contributed by atoms with E-state index in [-0.39, 0.29) is 12.3 Å². The second-order valence-electron chi connectivity index (χ2n) is 3.89. The third kappa shape index (κ3) is 1.45. The van der Waals surface area contributed by atoms with E-state index in [0.29, 0.717) is 11.3 Å². The van der Waals surface area contributed by atoms with Gasteiger partial charge in [-0.1, -0.05) is 24.3 Å². The molecule has 1 N–H and O–H groups in total. The van der Waals surface area contributed by atoms with E-state index in [1.165, 1.54) is 7.11 Å². The number of rotatable bonds is 3. The highest BCUT2D eigenvalue weighted by Crippen LogP contribution is 2.41. The third-order valence-electron chi connectivity index (χ3n) is 3.01. The number of esters is 1. The largest absolute Gasteiger partial charge is 0.468 e. The number of para-hydroxylation sites is 1. The van der Waals surface area contributed by atoms with Gasteiger partial charge in [-0.3, -0.25) is 9.59 Å². The number of fused-ring (bicyclic) bond motifs is 1. The van der Waals surface area contributed by atoms with E-state index < -0.39 is 11.4 Å². The number of nitrogens with one attached hydrogen (secondary N) is 1. The molecule has 4 heteroatoms. The first-order chi connectivity index (χ1) is 8.16. The fraction of sp³-hybridized carbons (Fsp3) is 0.231. The number of anilines is 1. The topological polar surface area (TPSA) is 55.4 Å². The normalized spacial score (nSPS) is 21.6. The van der Waals surface area contributed by atoms with E-state index in [0.717, 1.165) is 0 Å². The minimum absolute atomic E-state index is 0.225. The zero-order valence-corrected chi connectivity index (χ0v) is 9.53. The van der Waals surface area contributed by atoms with Crippen LogP contribution in [0.25, 0.3) is 0 Å². The second-order valence-corrected chi connectivity index (χ2v) is 3.89. The van der Waals surface area contributed by atoms with Crippen molar-refractivity contribution in [3.05, 3.63) is 42.5 Å². The van der Waals surface area contributed by atoms with E-state index >= 15 is 0 Å². The van der Waals surface area contributed by atoms with Gasteiger partial charge in [-0.25, -0.2) is 0 Å². The van der Waals surface area contributed by atoms with Crippen molar-refractivity contribution in [2.45, 2.75) is 11.8 Å². The number of ether oxygens (including phenoxy) is 1. The van der Waals surface area contributed by atoms with Crippen molar-refractivity contribution in [3.63, 3.8) is 0 Å². The Kier molecular flexibility index (Phi) is 2.71. The average molecular weight is 231 g/mol. The van der Waals surface area contributed by atoms with E-state index in [1.54, 1.807) is 30.3 Å². The van der Waals surface area contributed by atoms with Crippen molar-refractivity contribution < 1.29 is 14.3 Å². The fourth-order valence-corrected chi connectivity index (χ4v) is 2.19. The molecule has 1 heterocycles. The lowest BCUT2D eigenvalue weighted by molar-refractivity contribution is -0.150. The molecule has 4 nitrogen and oxygen atoms in total. The number of carbonyl (C=O) groups is 2. The summed E-state index contributed by atoms with van der Waals surface area (Å²) in [6.07, 6.45) is 1.78. The Balaban J connectivity index is 2.63. The minimum Gasteiger partial charge on any atom is -0.468 e. The van der Waals surface area contributed by atoms with Crippen LogP contribution in [0.5, 0.6) is 0 Å². The van der Waals surface area contributed by atoms with Gasteiger partial charge in [-0.2, -0.15) is 0 Å². The van der Waals surface area contributed by atoms with Crippen molar-refractivity contribution in [1.29, 1.82) is 0 Å². The molecule has 0 aromatic heterocycles. The zero-order chi connectivity index (χ0) is 12.5. The molecule has 1 amide bonds. The number of hydrogen-bond donors (Lipinski definition) is 1. The monoisotopic (exact) mass is 231 g/mol. The van der Waals surface area contributed by atoms with Crippen LogP contribution in [0.4, 0.5) is 5.69 Å². The van der Waals surface area contributed by atoms with Crippen molar-refractivity contribution in [1.82, 2.24) is 0 Å². The lowest BCUT2D eigenvalue weighted by Gasteiger charge is -2.22. The Bertz CT molecular complexity index is 485. The first-order valence-corrected chi connectivity index (χ1v) is 5.27. The summed E-state index contributed by atoms with van der Waals surface area (Å²) in [5.74, 6) is -0.912. The van der Waals surface area contributed by atoms with Crippen LogP contribution in [0, 0.1) is 0 Å². The molecule has 0 bridgehead atoms. The molecule has 2 rings (SSSR count). The maximum absolute atomic E-state index is 12.1. The molecule has 0 fully saturated rings. The molecule has 17 heavy (non-hydrogen) atoms. The van der Waals surface area contributed by atoms with E-state index in [2.05, 4.69) is 11.9 Å². The molecular weight excluding hydrogens is 218 g/mol. The molecule has 1 aromatic rings. The number of carbonyl (C=O) groups excluding carboxylic acids is 2. The molecule has 1 atom stereocenters. The van der Waals surface area contributed by atoms with Crippen LogP contribution in [-0.4, -0.2) is 19.0 Å². The summed E-state index contributed by atoms with van der Waals surface area (Å²) in [5.41, 5.74) is 0.0223. The summed E-state index contributed by atoms with van der Waals surface area (Å²) in [6.45, 7) is 3.61. The first-order valence-electron chi connectivity index (χ1n) is 5.27. The van der Waals surface area contributed by atoms with Crippen LogP contribution in [-0.2, 0) is 19.7 Å². The lowest BCUT2D eigenvalue weighted by Crippen LogP contribution is -2.42. The summed E-state index contributed by atoms with van der Waals surface area (Å²) in [7, 11) is 1.28. The highest BCUT2D eigenvalue weighted by atomic mass is 16.5. The van der Waals surface area contributed by atoms with Gasteiger partial charge >= 0.3 is 5.97 Å². The Hall–Kier alpha value is -2.10. The SMILES string of the molecule is C=CC[C@@]1(C(=O)OC)C(=O)Nc2ccccc21. The Labute approximate surface area is 99.3 Å². The van der Waals surface area contributed by atoms with Gasteiger partial charge in [0.05, 0.1) is 7.11 Å². The maximum atomic E-state index is 12.1. The highest BCUT2D eigenvalue weighted by molar-refractivity contribution is 6.19. The molecule has 1 aliphatic rings. The van der Waals surface area contributed by atoms with Gasteiger partial charge in [0.1, 0.15) is 0 Å². The van der Waals surface area contributed by atoms with Gasteiger partial charge in [-0.05, 0) is 12.5 Å². The number of amides is 1. The smallest absolute Gasteiger partial charge is 0.326 e. The van der Waals surface area contributed by atoms with Gasteiger partial charge in [0.25, 0.3) is 0 Å². The summed E-state index contributed by atoms with van der Waals surface area (Å²) in [5, 5.41) is 2.70. The third-order valence-corrected chi connectivity index (χ3v) is 3.01. The molecular formula is C13H13NO3. The lowest BCUT2D eigenvalue weighted by atomic mass is 9.78. The number of benzene rings is 1. The van der Waals surface area contributed by atoms with Crippen molar-refractivity contribution in [2.75, 3.05) is 12.4 Å². The summed E-state index contributed by atoms with van der Waals surface area (Å²) < 4.78 is 4.77. The summed E-state index contributed by atoms with van der Waals surface area (Å²) >= 11 is 0. The van der Waals surface area contributed by atoms with Gasteiger partial charge in [0.15, 0.2) is 5.41 Å². The molecule has 0 unspecified atom stereocenters. The minimum atomic E-state index is -1.28. The molecule has 0 saturated heterocycles. The highest BCUT2D eigenvalue weighted by Gasteiger charge is 2.53. The van der Waals surface area contributed by atoms with Crippen LogP contribution >= 0.6 is 0 Å². The number of allylic oxidation sites excluding steroid dienone is 1. The van der Waals surface area contributed by atoms with Crippen LogP contribution in [0.3, 0.4) is 0 Å². The fourth-order valence-electron chi connectivity index (χ4n) is 2.19. The van der Waals surface area contributed by atoms with Crippen LogP contribution in [0.2, 0.25) is 0 Å². The van der Waals surface area contributed by atoms with Gasteiger partial charge in [0, 0.05) is 11.3 Å². The predicted octanol–water partition coefficient (Wildman–Crippen LogP) is 1.63. The molecule has 0 spiro atoms. The number of hydrogen-bond acceptors (Lipinski definition) is 3. The molecule has 1 aliphatic heterocycles. The quantitative estimate of drug-likeness (QED) is 0.488. The predicted molar refractivity (Wildman–Crippen MR) is 63.6 cm³/mol. The molecule has 88 valence electrons. The summed E-state index contributed by atoms with van der Waals surface area (Å²) in [6, 6.07) is 7.12. The van der Waals surface area contributed by atoms with E-state index in [1.807, 2.05) is 0 Å². The first kappa shape index (κ1) is 11.4. The van der Waals surface area contributed by atoms with Crippen molar-refractivity contribution in [3.8, 4) is 0 Å². The Morgan fingerprint density at radius 1 is 1.53 bits per heavy atom. The van der Waals surface area contributed by atoms with Gasteiger partial charge in [-0.15, -0.1) is 6.58 Å². The van der Waals surface area contributed by atoms with Crippen LogP contribution in [0.15, 0.2) is 36.9 Å². The standard InChI is InChI=1S/C13H13NO3/c1-3-8-13(12(16)17-2)9-6-4-5-7-10(9)14-11(13)15/h3-7H,1,8H2,2H3,(H,14,15)/t13-/m0/s1. The average Bonchev–Trinajstić information content (AvgIpc) is 2.63. The van der Waals surface area contributed by atoms with Gasteiger partial charge < -0.3 is 10.1 Å². The zero-order valence-electron chi connectivity index (χ0n) is 9.53. The van der Waals surface area contributed by atoms with Crippen molar-refractivity contribution >= 4 is 17.6 Å². The maximum Gasteiger partial charge on any atom is 0.326 e.